The number of ether oxygens (including phenoxy) is 8. The second kappa shape index (κ2) is 51.0. The molecule has 4 saturated heterocycles. The smallest absolute Gasteiger partial charge is 0.409 e. The van der Waals surface area contributed by atoms with Crippen molar-refractivity contribution >= 4 is 87.0 Å². The maximum Gasteiger partial charge on any atom is 0.409 e. The van der Waals surface area contributed by atoms with E-state index in [-0.39, 0.29) is 104 Å². The maximum absolute atomic E-state index is 14.2. The SMILES string of the molecule is COC(=O)C[C@H](C(=O)N1CCCC[C@H]1c1nc(-c2ccc(C#Cc3ccc(-c4cnc([C@@H]5CCCN5C(=O)[C@@H](NC(=O)OC)C(C)C)n4COCC[Si](C)(C)C)cc3)cc2)cn1COCC[Si](C)(C)C)C(C)C.COC(=O)C[C@H](C(=O)N1CCN(C(=O)OC)C[C@H]1c1ncc(-c2ccc(C#Cc3ccc(-c4cnc([C@@H]5CCCN5C(=O)[C@@H](NC(=O)OC)C(C)C)[nH]4)cc3)cc2)[nH]1)C(C)C.COC(=O)Cl. The van der Waals surface area contributed by atoms with Gasteiger partial charge in [-0.25, -0.2) is 39.1 Å². The van der Waals surface area contributed by atoms with Crippen LogP contribution in [0.2, 0.25) is 51.4 Å². The van der Waals surface area contributed by atoms with Crippen molar-refractivity contribution in [2.24, 2.45) is 35.5 Å². The van der Waals surface area contributed by atoms with E-state index in [0.717, 1.165) is 136 Å². The van der Waals surface area contributed by atoms with E-state index in [9.17, 15) is 47.9 Å². The van der Waals surface area contributed by atoms with E-state index < -0.39 is 75.8 Å². The third kappa shape index (κ3) is 30.1. The van der Waals surface area contributed by atoms with Gasteiger partial charge in [0.15, 0.2) is 0 Å². The molecule has 33 nitrogen and oxygen atoms in total. The highest BCUT2D eigenvalue weighted by atomic mass is 35.5. The van der Waals surface area contributed by atoms with Crippen LogP contribution in [0.25, 0.3) is 45.0 Å². The summed E-state index contributed by atoms with van der Waals surface area (Å²) in [5, 5.41) is 5.43. The first kappa shape index (κ1) is 109. The molecule has 4 aliphatic heterocycles. The lowest BCUT2D eigenvalue weighted by molar-refractivity contribution is -0.150. The van der Waals surface area contributed by atoms with Gasteiger partial charge in [0.05, 0.1) is 133 Å². The highest BCUT2D eigenvalue weighted by Gasteiger charge is 2.44. The Balaban J connectivity index is 0.000000277. The zero-order chi connectivity index (χ0) is 101. The molecule has 0 saturated carbocycles. The summed E-state index contributed by atoms with van der Waals surface area (Å²) in [5.41, 5.74) is 9.47. The fourth-order valence-corrected chi connectivity index (χ4v) is 18.6. The number of alkyl carbamates (subject to hydrolysis) is 2. The van der Waals surface area contributed by atoms with E-state index >= 15 is 0 Å². The normalized spacial score (nSPS) is 16.8. The van der Waals surface area contributed by atoms with Crippen molar-refractivity contribution in [1.29, 1.82) is 0 Å². The molecule has 4 aromatic heterocycles. The number of hydrogen-bond donors (Lipinski definition) is 4. The molecule has 8 aromatic rings. The summed E-state index contributed by atoms with van der Waals surface area (Å²) in [6.45, 7) is 33.7. The van der Waals surface area contributed by atoms with Crippen molar-refractivity contribution < 1.29 is 85.8 Å². The van der Waals surface area contributed by atoms with E-state index in [0.29, 0.717) is 58.0 Å². The zero-order valence-corrected chi connectivity index (χ0v) is 86.7. The number of methoxy groups -OCH3 is 6. The number of halogens is 1. The molecule has 8 heterocycles. The maximum atomic E-state index is 14.2. The molecular formula is C103H138ClN15O18Si2. The fourth-order valence-electron chi connectivity index (χ4n) is 17.1. The number of carbonyl (C=O) groups excluding carboxylic acids is 10. The highest BCUT2D eigenvalue weighted by Crippen LogP contribution is 2.40. The lowest BCUT2D eigenvalue weighted by atomic mass is 9.89. The number of piperidine rings is 1. The van der Waals surface area contributed by atoms with Crippen molar-refractivity contribution in [3.63, 3.8) is 0 Å². The number of aromatic amines is 2. The van der Waals surface area contributed by atoms with Gasteiger partial charge in [-0.3, -0.25) is 28.8 Å². The summed E-state index contributed by atoms with van der Waals surface area (Å²) >= 11 is 4.60. The molecule has 4 aromatic carbocycles. The van der Waals surface area contributed by atoms with E-state index in [1.165, 1.54) is 42.7 Å². The molecule has 0 bridgehead atoms. The van der Waals surface area contributed by atoms with Crippen molar-refractivity contribution in [2.75, 3.05) is 95.1 Å². The molecule has 8 atom stereocenters. The minimum absolute atomic E-state index is 0.0345. The first-order chi connectivity index (χ1) is 66.2. The van der Waals surface area contributed by atoms with Gasteiger partial charge in [-0.2, -0.15) is 0 Å². The van der Waals surface area contributed by atoms with Crippen molar-refractivity contribution in [3.05, 3.63) is 167 Å². The van der Waals surface area contributed by atoms with Gasteiger partial charge in [0.2, 0.25) is 23.6 Å². The Hall–Kier alpha value is -12.4. The third-order valence-electron chi connectivity index (χ3n) is 25.4. The van der Waals surface area contributed by atoms with Crippen LogP contribution in [-0.2, 0) is 80.1 Å². The van der Waals surface area contributed by atoms with E-state index in [2.05, 4.69) is 119 Å². The third-order valence-corrected chi connectivity index (χ3v) is 28.9. The van der Waals surface area contributed by atoms with Crippen LogP contribution >= 0.6 is 11.6 Å². The summed E-state index contributed by atoms with van der Waals surface area (Å²) in [6, 6.07) is 31.0. The predicted octanol–water partition coefficient (Wildman–Crippen LogP) is 17.1. The molecule has 12 rings (SSSR count). The zero-order valence-electron chi connectivity index (χ0n) is 84.0. The Morgan fingerprint density at radius 3 is 1.27 bits per heavy atom. The number of carbonyl (C=O) groups is 10. The van der Waals surface area contributed by atoms with Gasteiger partial charge in [0.1, 0.15) is 54.9 Å². The van der Waals surface area contributed by atoms with E-state index in [1.807, 2.05) is 175 Å². The van der Waals surface area contributed by atoms with Gasteiger partial charge in [-0.1, -0.05) is 167 Å². The van der Waals surface area contributed by atoms with Crippen LogP contribution in [0.3, 0.4) is 0 Å². The first-order valence-corrected chi connectivity index (χ1v) is 55.5. The van der Waals surface area contributed by atoms with Gasteiger partial charge in [-0.15, -0.1) is 0 Å². The van der Waals surface area contributed by atoms with Gasteiger partial charge >= 0.3 is 35.6 Å². The molecule has 0 unspecified atom stereocenters. The molecule has 4 aliphatic rings. The fraction of sp³-hybridized carbons (Fsp3) is 0.515. The number of hydrogen-bond acceptors (Lipinski definition) is 22. The lowest BCUT2D eigenvalue weighted by Gasteiger charge is -2.41. The molecule has 4 N–H and O–H groups in total. The average Bonchev–Trinajstić information content (AvgIpc) is 1.69. The Bertz CT molecular complexity index is 5620. The summed E-state index contributed by atoms with van der Waals surface area (Å²) in [7, 11) is 5.13. The second-order valence-corrected chi connectivity index (χ2v) is 50.6. The quantitative estimate of drug-likeness (QED) is 0.00759. The molecule has 0 radical (unpaired) electrons. The Morgan fingerprint density at radius 1 is 0.439 bits per heavy atom. The predicted molar refractivity (Wildman–Crippen MR) is 534 cm³/mol. The van der Waals surface area contributed by atoms with Crippen molar-refractivity contribution in [2.45, 2.75) is 214 Å². The van der Waals surface area contributed by atoms with E-state index in [4.69, 9.17) is 43.1 Å². The Kier molecular flexibility index (Phi) is 39.8. The van der Waals surface area contributed by atoms with Gasteiger partial charge in [0, 0.05) is 108 Å². The lowest BCUT2D eigenvalue weighted by Crippen LogP contribution is -2.54. The summed E-state index contributed by atoms with van der Waals surface area (Å²) in [6.07, 6.45) is 11.4. The largest absolute Gasteiger partial charge is 0.469 e. The molecule has 0 spiro atoms. The molecule has 748 valence electrons. The molecule has 7 amide bonds. The standard InChI is InChI=1S/C56H81N7O8Si2.C45H54N8O8.C2H3ClO2/c1-39(2)45(34-50(64)68-5)54(65)61-28-14-13-16-48(61)53-58-46(36-60(53)37-70-30-32-72(7,8)9)43-24-20-41(21-25-43)18-19-42-22-26-44(27-23-42)49-35-57-52(63(49)38-71-31-33-73(10,11)12)47-17-15-29-62(47)55(66)51(40(3)4)59-56(67)69-6;1-27(2)33(23-38(54)59-5)42(55)53-22-21-51(45(58)61-7)26-37(53)41-47-25-35(49-41)32-18-14-30(15-19-32)11-10-29-12-16-31(17-13-29)34-24-46-40(48-34)36-9-8-20-52(36)43(56)39(28(3)4)50-44(57)60-6;1-5-2(3)4/h20-27,35-36,39-40,45,47-48,51H,13-17,28-34,37-38H2,1-12H3,(H,59,67);12-19,24-25,27-28,33,36-37,39H,8-9,20-23,26H2,1-7H3,(H,46,48)(H,47,49)(H,50,57);1H3/t45-,47-,48-,51-;33-,36-,37-,39-;/m00./s1. The van der Waals surface area contributed by atoms with Gasteiger partial charge in [-0.05, 0) is 146 Å². The minimum Gasteiger partial charge on any atom is -0.469 e. The monoisotopic (exact) mass is 1960 g/mol. The molecule has 4 fully saturated rings. The minimum atomic E-state index is -1.34. The van der Waals surface area contributed by atoms with Gasteiger partial charge in [0.25, 0.3) is 0 Å². The second-order valence-electron chi connectivity index (χ2n) is 39.1. The molecule has 36 heteroatoms. The van der Waals surface area contributed by atoms with E-state index in [1.54, 1.807) is 27.1 Å². The highest BCUT2D eigenvalue weighted by molar-refractivity contribution is 6.76. The van der Waals surface area contributed by atoms with Crippen LogP contribution in [0.4, 0.5) is 19.2 Å². The average molecular weight is 1970 g/mol. The van der Waals surface area contributed by atoms with Crippen LogP contribution < -0.4 is 10.6 Å². The number of amides is 7. The number of piperazine rings is 1. The van der Waals surface area contributed by atoms with Gasteiger partial charge < -0.3 is 92.1 Å². The number of imidazole rings is 4. The number of H-pyrrole nitrogens is 2. The number of likely N-dealkylation sites (tertiary alicyclic amines) is 3. The number of nitrogens with one attached hydrogen (secondary N) is 4. The number of esters is 2. The van der Waals surface area contributed by atoms with Crippen LogP contribution in [0.1, 0.15) is 183 Å². The van der Waals surface area contributed by atoms with Crippen LogP contribution in [0.5, 0.6) is 0 Å². The summed E-state index contributed by atoms with van der Waals surface area (Å²) in [4.78, 5) is 161. The Morgan fingerprint density at radius 2 is 0.842 bits per heavy atom. The Labute approximate surface area is 823 Å². The van der Waals surface area contributed by atoms with Crippen LogP contribution in [-0.4, -0.2) is 246 Å². The first-order valence-electron chi connectivity index (χ1n) is 47.7. The number of rotatable bonds is 32. The number of nitrogens with zero attached hydrogens (tertiary/aromatic N) is 11. The van der Waals surface area contributed by atoms with Crippen LogP contribution in [0, 0.1) is 59.2 Å². The summed E-state index contributed by atoms with van der Waals surface area (Å²) < 4.78 is 45.1. The van der Waals surface area contributed by atoms with Crippen LogP contribution in [0.15, 0.2) is 122 Å². The van der Waals surface area contributed by atoms with Crippen molar-refractivity contribution in [3.8, 4) is 68.7 Å². The van der Waals surface area contributed by atoms with Crippen molar-refractivity contribution in [1.82, 2.24) is 74.2 Å². The number of benzene rings is 4. The summed E-state index contributed by atoms with van der Waals surface area (Å²) in [5.74, 6) is 13.0. The molecular weight excluding hydrogens is 1830 g/mol. The molecule has 139 heavy (non-hydrogen) atoms. The number of aromatic nitrogens is 8. The topological polar surface area (TPSA) is 378 Å². The molecule has 0 aliphatic carbocycles.